The molecule has 162 valence electrons. The van der Waals surface area contributed by atoms with Crippen LogP contribution in [0.5, 0.6) is 0 Å². The normalized spacial score (nSPS) is 11.5. The van der Waals surface area contributed by atoms with Gasteiger partial charge in [0, 0.05) is 6.54 Å². The molecule has 0 aliphatic heterocycles. The maximum atomic E-state index is 12.8. The van der Waals surface area contributed by atoms with Crippen LogP contribution in [0, 0.1) is 0 Å². The van der Waals surface area contributed by atoms with E-state index in [2.05, 4.69) is 20.4 Å². The summed E-state index contributed by atoms with van der Waals surface area (Å²) in [7, 11) is 0. The second-order valence-corrected chi connectivity index (χ2v) is 8.83. The molecule has 1 aromatic carbocycles. The Morgan fingerprint density at radius 3 is 2.69 bits per heavy atom. The van der Waals surface area contributed by atoms with E-state index in [1.165, 1.54) is 23.1 Å². The number of thioether (sulfide) groups is 1. The van der Waals surface area contributed by atoms with Crippen LogP contribution in [0.25, 0.3) is 27.4 Å². The van der Waals surface area contributed by atoms with E-state index in [-0.39, 0.29) is 12.1 Å². The minimum absolute atomic E-state index is 0.0263. The molecule has 0 spiro atoms. The van der Waals surface area contributed by atoms with E-state index in [1.54, 1.807) is 15.2 Å². The van der Waals surface area contributed by atoms with E-state index >= 15 is 0 Å². The van der Waals surface area contributed by atoms with Gasteiger partial charge in [0.05, 0.1) is 21.5 Å². The number of rotatable bonds is 7. The summed E-state index contributed by atoms with van der Waals surface area (Å²) in [5.74, 6) is 1.68. The molecule has 5 rings (SSSR count). The highest BCUT2D eigenvalue weighted by molar-refractivity contribution is 7.98. The molecular weight excluding hydrogens is 448 g/mol. The number of carbonyl (C=O) groups is 1. The number of aromatic nitrogens is 7. The fourth-order valence-electron chi connectivity index (χ4n) is 3.60. The van der Waals surface area contributed by atoms with Gasteiger partial charge in [-0.3, -0.25) is 23.1 Å². The molecule has 4 aromatic heterocycles. The summed E-state index contributed by atoms with van der Waals surface area (Å²) < 4.78 is 5.21. The van der Waals surface area contributed by atoms with Crippen molar-refractivity contribution in [2.45, 2.75) is 30.9 Å². The van der Waals surface area contributed by atoms with E-state index in [1.807, 2.05) is 47.0 Å². The molecular formula is C20H18N8O2S2. The van der Waals surface area contributed by atoms with Gasteiger partial charge >= 0.3 is 0 Å². The van der Waals surface area contributed by atoms with Crippen molar-refractivity contribution < 1.29 is 4.79 Å². The Labute approximate surface area is 189 Å². The van der Waals surface area contributed by atoms with E-state index in [4.69, 9.17) is 5.73 Å². The summed E-state index contributed by atoms with van der Waals surface area (Å²) >= 11 is 2.89. The number of nitrogens with two attached hydrogens (primary N) is 1. The van der Waals surface area contributed by atoms with Crippen LogP contribution in [0.2, 0.25) is 0 Å². The summed E-state index contributed by atoms with van der Waals surface area (Å²) in [6.07, 6.45) is 0. The first kappa shape index (κ1) is 20.4. The molecule has 12 heteroatoms. The summed E-state index contributed by atoms with van der Waals surface area (Å²) in [6, 6.07) is 11.2. The van der Waals surface area contributed by atoms with Crippen LogP contribution in [0.15, 0.2) is 51.7 Å². The maximum absolute atomic E-state index is 12.8. The monoisotopic (exact) mass is 466 g/mol. The first-order valence-electron chi connectivity index (χ1n) is 9.82. The summed E-state index contributed by atoms with van der Waals surface area (Å²) in [6.45, 7) is 2.36. The van der Waals surface area contributed by atoms with Crippen molar-refractivity contribution in [3.63, 3.8) is 0 Å². The van der Waals surface area contributed by atoms with Crippen LogP contribution >= 0.6 is 23.1 Å². The van der Waals surface area contributed by atoms with E-state index in [9.17, 15) is 9.59 Å². The van der Waals surface area contributed by atoms with E-state index < -0.39 is 5.91 Å². The molecule has 0 unspecified atom stereocenters. The van der Waals surface area contributed by atoms with Gasteiger partial charge in [0.2, 0.25) is 11.7 Å². The molecule has 10 nitrogen and oxygen atoms in total. The number of para-hydroxylation sites is 1. The van der Waals surface area contributed by atoms with E-state index in [0.717, 1.165) is 10.4 Å². The van der Waals surface area contributed by atoms with Crippen molar-refractivity contribution >= 4 is 45.7 Å². The Balaban J connectivity index is 1.56. The van der Waals surface area contributed by atoms with Gasteiger partial charge < -0.3 is 5.73 Å². The van der Waals surface area contributed by atoms with E-state index in [0.29, 0.717) is 40.3 Å². The predicted octanol–water partition coefficient (Wildman–Crippen LogP) is 2.16. The Bertz CT molecular complexity index is 1500. The minimum atomic E-state index is -0.477. The van der Waals surface area contributed by atoms with Gasteiger partial charge in [-0.05, 0) is 30.5 Å². The topological polar surface area (TPSA) is 126 Å². The lowest BCUT2D eigenvalue weighted by molar-refractivity contribution is -0.118. The Hall–Kier alpha value is -3.51. The highest BCUT2D eigenvalue weighted by Crippen LogP contribution is 2.29. The van der Waals surface area contributed by atoms with Crippen LogP contribution in [-0.4, -0.2) is 39.8 Å². The van der Waals surface area contributed by atoms with Crippen LogP contribution in [0.4, 0.5) is 0 Å². The molecule has 4 heterocycles. The van der Waals surface area contributed by atoms with Crippen molar-refractivity contribution in [2.24, 2.45) is 5.73 Å². The number of fused-ring (bicyclic) bond motifs is 3. The van der Waals surface area contributed by atoms with Crippen molar-refractivity contribution in [1.82, 2.24) is 33.9 Å². The number of hydrogen-bond donors (Lipinski definition) is 1. The zero-order valence-electron chi connectivity index (χ0n) is 17.0. The van der Waals surface area contributed by atoms with Gasteiger partial charge in [0.1, 0.15) is 12.4 Å². The zero-order chi connectivity index (χ0) is 22.2. The molecule has 0 saturated heterocycles. The third-order valence-electron chi connectivity index (χ3n) is 4.99. The Kier molecular flexibility index (Phi) is 5.23. The lowest BCUT2D eigenvalue weighted by Crippen LogP contribution is -2.22. The number of nitrogens with zero attached hydrogens (tertiary/aromatic N) is 7. The SMILES string of the molecule is CCn1c(=O)c2ccccc2n2c(CSc3nnc(-c4cccs4)n3CC(N)=O)nnc12. The highest BCUT2D eigenvalue weighted by atomic mass is 32.2. The third kappa shape index (κ3) is 3.37. The number of benzene rings is 1. The number of hydrogen-bond acceptors (Lipinski definition) is 8. The Morgan fingerprint density at radius 1 is 1.09 bits per heavy atom. The molecule has 0 aliphatic rings. The number of primary amides is 1. The van der Waals surface area contributed by atoms with Gasteiger partial charge in [-0.25, -0.2) is 0 Å². The summed E-state index contributed by atoms with van der Waals surface area (Å²) in [4.78, 5) is 25.4. The fraction of sp³-hybridized carbons (Fsp3) is 0.200. The molecule has 0 saturated carbocycles. The number of carbonyl (C=O) groups excluding carboxylic acids is 1. The molecule has 0 bridgehead atoms. The lowest BCUT2D eigenvalue weighted by atomic mass is 10.2. The largest absolute Gasteiger partial charge is 0.368 e. The standard InChI is InChI=1S/C20H18N8O2S2/c1-2-26-18(30)12-6-3-4-7-13(12)28-16(22-24-19(26)28)11-32-20-25-23-17(14-8-5-9-31-14)27(20)10-15(21)29/h3-9H,2,10-11H2,1H3,(H2,21,29). The van der Waals surface area contributed by atoms with Crippen LogP contribution in [0.3, 0.4) is 0 Å². The molecule has 5 aromatic rings. The van der Waals surface area contributed by atoms with Crippen molar-refractivity contribution in [2.75, 3.05) is 0 Å². The second-order valence-electron chi connectivity index (χ2n) is 6.94. The van der Waals surface area contributed by atoms with Crippen LogP contribution < -0.4 is 11.3 Å². The zero-order valence-corrected chi connectivity index (χ0v) is 18.6. The minimum Gasteiger partial charge on any atom is -0.368 e. The number of amides is 1. The molecule has 32 heavy (non-hydrogen) atoms. The molecule has 2 N–H and O–H groups in total. The van der Waals surface area contributed by atoms with Gasteiger partial charge in [-0.15, -0.1) is 31.7 Å². The van der Waals surface area contributed by atoms with Crippen molar-refractivity contribution in [3.8, 4) is 10.7 Å². The predicted molar refractivity (Wildman–Crippen MR) is 123 cm³/mol. The summed E-state index contributed by atoms with van der Waals surface area (Å²) in [5, 5.41) is 20.3. The van der Waals surface area contributed by atoms with Gasteiger partial charge in [-0.2, -0.15) is 0 Å². The average Bonchev–Trinajstić information content (AvgIpc) is 3.53. The lowest BCUT2D eigenvalue weighted by Gasteiger charge is -2.10. The number of aryl methyl sites for hydroxylation is 1. The Morgan fingerprint density at radius 2 is 1.94 bits per heavy atom. The average molecular weight is 467 g/mol. The molecule has 1 amide bonds. The quantitative estimate of drug-likeness (QED) is 0.364. The fourth-order valence-corrected chi connectivity index (χ4v) is 5.17. The van der Waals surface area contributed by atoms with Gasteiger partial charge in [0.25, 0.3) is 5.56 Å². The molecule has 0 fully saturated rings. The highest BCUT2D eigenvalue weighted by Gasteiger charge is 2.20. The van der Waals surface area contributed by atoms with Crippen molar-refractivity contribution in [3.05, 3.63) is 58.0 Å². The second kappa shape index (κ2) is 8.20. The molecule has 0 atom stereocenters. The van der Waals surface area contributed by atoms with Crippen LogP contribution in [-0.2, 0) is 23.6 Å². The molecule has 0 radical (unpaired) electrons. The van der Waals surface area contributed by atoms with Gasteiger partial charge in [-0.1, -0.05) is 30.0 Å². The first-order valence-corrected chi connectivity index (χ1v) is 11.7. The van der Waals surface area contributed by atoms with Gasteiger partial charge in [0.15, 0.2) is 11.0 Å². The molecule has 0 aliphatic carbocycles. The van der Waals surface area contributed by atoms with Crippen molar-refractivity contribution in [1.29, 1.82) is 0 Å². The first-order chi connectivity index (χ1) is 15.6. The smallest absolute Gasteiger partial charge is 0.262 e. The third-order valence-corrected chi connectivity index (χ3v) is 6.82. The summed E-state index contributed by atoms with van der Waals surface area (Å²) in [5.41, 5.74) is 6.12. The number of thiophene rings is 1. The maximum Gasteiger partial charge on any atom is 0.262 e. The van der Waals surface area contributed by atoms with Crippen LogP contribution in [0.1, 0.15) is 12.7 Å².